The number of rotatable bonds is 6. The second kappa shape index (κ2) is 9.16. The molecular weight excluding hydrogens is 471 g/mol. The highest BCUT2D eigenvalue weighted by Crippen LogP contribution is 2.19. The number of fused-ring (bicyclic) bond motifs is 1. The zero-order chi connectivity index (χ0) is 23.7. The second-order valence-corrected chi connectivity index (χ2v) is 8.64. The lowest BCUT2D eigenvalue weighted by Gasteiger charge is -2.08. The molecule has 0 saturated heterocycles. The van der Waals surface area contributed by atoms with Crippen LogP contribution in [0.3, 0.4) is 0 Å². The Morgan fingerprint density at radius 3 is 2.76 bits per heavy atom. The van der Waals surface area contributed by atoms with Crippen molar-refractivity contribution in [3.63, 3.8) is 0 Å². The van der Waals surface area contributed by atoms with Crippen LogP contribution in [-0.2, 0) is 13.1 Å². The van der Waals surface area contributed by atoms with E-state index in [4.69, 9.17) is 16.3 Å². The standard InChI is InChI=1S/C22H18ClFN4O4S/c1-12-20(30)27(10-14-3-4-16(24)15(23)7-14)22(31)28-11-17(33-21(12)28)19(29)26-9-13-5-6-25-18(8-13)32-2/h3-8,11H,9-10H2,1-2H3,(H,26,29). The number of hydrogen-bond acceptors (Lipinski definition) is 6. The molecule has 170 valence electrons. The highest BCUT2D eigenvalue weighted by molar-refractivity contribution is 7.19. The van der Waals surface area contributed by atoms with Crippen LogP contribution in [0.1, 0.15) is 26.4 Å². The molecular formula is C22H18ClFN4O4S. The van der Waals surface area contributed by atoms with Gasteiger partial charge in [-0.3, -0.25) is 18.6 Å². The normalized spacial score (nSPS) is 11.0. The maximum absolute atomic E-state index is 13.4. The van der Waals surface area contributed by atoms with Crippen molar-refractivity contribution in [2.75, 3.05) is 7.11 Å². The van der Waals surface area contributed by atoms with Crippen molar-refractivity contribution >= 4 is 33.7 Å². The van der Waals surface area contributed by atoms with Gasteiger partial charge in [-0.25, -0.2) is 14.2 Å². The first kappa shape index (κ1) is 22.7. The third kappa shape index (κ3) is 4.53. The lowest BCUT2D eigenvalue weighted by molar-refractivity contribution is 0.0954. The fourth-order valence-corrected chi connectivity index (χ4v) is 4.48. The first-order valence-corrected chi connectivity index (χ1v) is 10.9. The number of methoxy groups -OCH3 is 1. The summed E-state index contributed by atoms with van der Waals surface area (Å²) in [5.74, 6) is -0.543. The number of aryl methyl sites for hydroxylation is 1. The molecule has 0 fully saturated rings. The van der Waals surface area contributed by atoms with E-state index < -0.39 is 17.1 Å². The highest BCUT2D eigenvalue weighted by Gasteiger charge is 2.18. The Hall–Kier alpha value is -3.50. The van der Waals surface area contributed by atoms with Gasteiger partial charge in [-0.2, -0.15) is 0 Å². The molecule has 0 bridgehead atoms. The van der Waals surface area contributed by atoms with Crippen LogP contribution in [0.15, 0.2) is 52.3 Å². The molecule has 1 N–H and O–H groups in total. The van der Waals surface area contributed by atoms with E-state index in [0.29, 0.717) is 21.8 Å². The van der Waals surface area contributed by atoms with Gasteiger partial charge in [-0.05, 0) is 36.2 Å². The van der Waals surface area contributed by atoms with E-state index >= 15 is 0 Å². The molecule has 3 heterocycles. The number of carbonyl (C=O) groups excluding carboxylic acids is 1. The van der Waals surface area contributed by atoms with Gasteiger partial charge in [0.25, 0.3) is 11.5 Å². The molecule has 0 aliphatic heterocycles. The molecule has 0 aliphatic rings. The Kier molecular flexibility index (Phi) is 6.30. The average Bonchev–Trinajstić information content (AvgIpc) is 3.27. The van der Waals surface area contributed by atoms with Gasteiger partial charge in [0, 0.05) is 30.6 Å². The Balaban J connectivity index is 1.64. The predicted molar refractivity (Wildman–Crippen MR) is 123 cm³/mol. The first-order chi connectivity index (χ1) is 15.8. The molecule has 0 unspecified atom stereocenters. The minimum atomic E-state index is -0.602. The van der Waals surface area contributed by atoms with Crippen molar-refractivity contribution < 1.29 is 13.9 Å². The number of amides is 1. The molecule has 4 rings (SSSR count). The Morgan fingerprint density at radius 1 is 1.24 bits per heavy atom. The number of benzene rings is 1. The van der Waals surface area contributed by atoms with Gasteiger partial charge in [0.15, 0.2) is 0 Å². The first-order valence-electron chi connectivity index (χ1n) is 9.75. The highest BCUT2D eigenvalue weighted by atomic mass is 35.5. The topological polar surface area (TPSA) is 94.7 Å². The summed E-state index contributed by atoms with van der Waals surface area (Å²) in [4.78, 5) is 43.2. The van der Waals surface area contributed by atoms with Crippen LogP contribution in [0, 0.1) is 12.7 Å². The molecule has 3 aromatic heterocycles. The van der Waals surface area contributed by atoms with Gasteiger partial charge >= 0.3 is 5.69 Å². The monoisotopic (exact) mass is 488 g/mol. The van der Waals surface area contributed by atoms with E-state index in [1.165, 1.54) is 35.9 Å². The van der Waals surface area contributed by atoms with Crippen LogP contribution in [0.2, 0.25) is 5.02 Å². The summed E-state index contributed by atoms with van der Waals surface area (Å²) in [5.41, 5.74) is 0.530. The molecule has 11 heteroatoms. The molecule has 33 heavy (non-hydrogen) atoms. The summed E-state index contributed by atoms with van der Waals surface area (Å²) in [5, 5.41) is 2.69. The van der Waals surface area contributed by atoms with Crippen molar-refractivity contribution in [2.24, 2.45) is 0 Å². The fraction of sp³-hybridized carbons (Fsp3) is 0.182. The molecule has 8 nitrogen and oxygen atoms in total. The largest absolute Gasteiger partial charge is 0.481 e. The van der Waals surface area contributed by atoms with Crippen molar-refractivity contribution in [3.8, 4) is 5.88 Å². The Bertz CT molecular complexity index is 1490. The van der Waals surface area contributed by atoms with Crippen molar-refractivity contribution in [3.05, 3.63) is 96.0 Å². The molecule has 4 aromatic rings. The molecule has 0 radical (unpaired) electrons. The van der Waals surface area contributed by atoms with E-state index in [9.17, 15) is 18.8 Å². The van der Waals surface area contributed by atoms with Crippen LogP contribution < -0.4 is 21.3 Å². The summed E-state index contributed by atoms with van der Waals surface area (Å²) >= 11 is 6.87. The Morgan fingerprint density at radius 2 is 2.03 bits per heavy atom. The van der Waals surface area contributed by atoms with Crippen molar-refractivity contribution in [1.82, 2.24) is 19.3 Å². The third-order valence-electron chi connectivity index (χ3n) is 5.01. The van der Waals surface area contributed by atoms with Crippen LogP contribution >= 0.6 is 22.9 Å². The van der Waals surface area contributed by atoms with Crippen LogP contribution in [0.25, 0.3) is 4.83 Å². The van der Waals surface area contributed by atoms with E-state index in [1.807, 2.05) is 0 Å². The average molecular weight is 489 g/mol. The minimum Gasteiger partial charge on any atom is -0.481 e. The van der Waals surface area contributed by atoms with E-state index in [1.54, 1.807) is 25.3 Å². The third-order valence-corrected chi connectivity index (χ3v) is 6.50. The number of nitrogens with one attached hydrogen (secondary N) is 1. The number of nitrogens with zero attached hydrogens (tertiary/aromatic N) is 3. The summed E-state index contributed by atoms with van der Waals surface area (Å²) in [7, 11) is 1.50. The molecule has 0 atom stereocenters. The number of hydrogen-bond donors (Lipinski definition) is 1. The minimum absolute atomic E-state index is 0.0807. The molecule has 1 amide bonds. The number of carbonyl (C=O) groups is 1. The van der Waals surface area contributed by atoms with Gasteiger partial charge < -0.3 is 10.1 Å². The summed E-state index contributed by atoms with van der Waals surface area (Å²) in [6.45, 7) is 1.74. The molecule has 0 aliphatic carbocycles. The van der Waals surface area contributed by atoms with Gasteiger partial charge in [0.1, 0.15) is 15.5 Å². The van der Waals surface area contributed by atoms with Crippen molar-refractivity contribution in [2.45, 2.75) is 20.0 Å². The quantitative estimate of drug-likeness (QED) is 0.450. The fourth-order valence-electron chi connectivity index (χ4n) is 3.27. The summed E-state index contributed by atoms with van der Waals surface area (Å²) in [6, 6.07) is 7.45. The van der Waals surface area contributed by atoms with Crippen molar-refractivity contribution in [1.29, 1.82) is 0 Å². The van der Waals surface area contributed by atoms with Gasteiger partial charge in [0.05, 0.1) is 18.7 Å². The summed E-state index contributed by atoms with van der Waals surface area (Å²) < 4.78 is 20.8. The maximum Gasteiger partial charge on any atom is 0.336 e. The summed E-state index contributed by atoms with van der Waals surface area (Å²) in [6.07, 6.45) is 2.98. The second-order valence-electron chi connectivity index (χ2n) is 7.21. The lowest BCUT2D eigenvalue weighted by atomic mass is 10.2. The lowest BCUT2D eigenvalue weighted by Crippen LogP contribution is -2.38. The number of aromatic nitrogens is 3. The number of thiazole rings is 1. The maximum atomic E-state index is 13.4. The predicted octanol–water partition coefficient (Wildman–Crippen LogP) is 3.01. The van der Waals surface area contributed by atoms with Crippen LogP contribution in [0.4, 0.5) is 4.39 Å². The van der Waals surface area contributed by atoms with E-state index in [2.05, 4.69) is 10.3 Å². The number of ether oxygens (including phenoxy) is 1. The SMILES string of the molecule is COc1cc(CNC(=O)c2cn3c(=O)n(Cc4ccc(F)c(Cl)c4)c(=O)c(C)c3s2)ccn1. The van der Waals surface area contributed by atoms with E-state index in [-0.39, 0.29) is 28.9 Å². The zero-order valence-electron chi connectivity index (χ0n) is 17.6. The Labute approximate surface area is 195 Å². The molecule has 0 spiro atoms. The number of halogens is 2. The smallest absolute Gasteiger partial charge is 0.336 e. The van der Waals surface area contributed by atoms with Gasteiger partial charge in [0.2, 0.25) is 5.88 Å². The van der Waals surface area contributed by atoms with Gasteiger partial charge in [-0.1, -0.05) is 17.7 Å². The molecule has 1 aromatic carbocycles. The molecule has 0 saturated carbocycles. The number of pyridine rings is 1. The van der Waals surface area contributed by atoms with E-state index in [0.717, 1.165) is 21.5 Å². The van der Waals surface area contributed by atoms with Gasteiger partial charge in [-0.15, -0.1) is 11.3 Å². The van der Waals surface area contributed by atoms with Crippen LogP contribution in [-0.4, -0.2) is 27.0 Å². The zero-order valence-corrected chi connectivity index (χ0v) is 19.2. The van der Waals surface area contributed by atoms with Crippen LogP contribution in [0.5, 0.6) is 5.88 Å².